The van der Waals surface area contributed by atoms with Crippen LogP contribution in [0.3, 0.4) is 0 Å². The normalized spacial score (nSPS) is 11.4. The van der Waals surface area contributed by atoms with Crippen LogP contribution >= 0.6 is 11.8 Å². The zero-order valence-electron chi connectivity index (χ0n) is 21.2. The molecule has 0 N–H and O–H groups in total. The van der Waals surface area contributed by atoms with E-state index < -0.39 is 17.7 Å². The van der Waals surface area contributed by atoms with Gasteiger partial charge in [-0.25, -0.2) is 4.79 Å². The van der Waals surface area contributed by atoms with E-state index in [-0.39, 0.29) is 0 Å². The van der Waals surface area contributed by atoms with Gasteiger partial charge in [-0.15, -0.1) is 11.8 Å². The summed E-state index contributed by atoms with van der Waals surface area (Å²) < 4.78 is 45.2. The van der Waals surface area contributed by atoms with Crippen molar-refractivity contribution in [3.05, 3.63) is 106 Å². The zero-order chi connectivity index (χ0) is 27.3. The molecular formula is C30H27F3O4S. The van der Waals surface area contributed by atoms with Crippen LogP contribution in [-0.2, 0) is 34.5 Å². The molecule has 0 spiro atoms. The molecule has 198 valence electrons. The minimum atomic E-state index is -4.39. The molecular weight excluding hydrogens is 513 g/mol. The molecule has 0 aliphatic rings. The lowest BCUT2D eigenvalue weighted by atomic mass is 10.1. The van der Waals surface area contributed by atoms with Gasteiger partial charge in [-0.2, -0.15) is 13.2 Å². The van der Waals surface area contributed by atoms with E-state index in [0.29, 0.717) is 29.2 Å². The standard InChI is InChI=1S/C30H27F3O4S/c1-19-4-6-22(7-5-19)8-14-28-24(17-29(35-28)23-9-11-25(12-10-23)30(31,32)33)18-38-26-13-15-27(20(2)16-26)37-36-21(3)34/h4-7,9-13,15-17H,8,14,18H2,1-3H3. The van der Waals surface area contributed by atoms with Crippen LogP contribution in [0.4, 0.5) is 13.2 Å². The third-order valence-electron chi connectivity index (χ3n) is 5.94. The Hall–Kier alpha value is -3.65. The Morgan fingerprint density at radius 2 is 1.63 bits per heavy atom. The second-order valence-electron chi connectivity index (χ2n) is 8.99. The largest absolute Gasteiger partial charge is 0.461 e. The summed E-state index contributed by atoms with van der Waals surface area (Å²) in [6, 6.07) is 20.8. The van der Waals surface area contributed by atoms with Crippen molar-refractivity contribution < 1.29 is 32.2 Å². The molecule has 0 fully saturated rings. The van der Waals surface area contributed by atoms with E-state index in [1.807, 2.05) is 32.0 Å². The van der Waals surface area contributed by atoms with Crippen molar-refractivity contribution in [2.24, 2.45) is 0 Å². The molecule has 8 heteroatoms. The van der Waals surface area contributed by atoms with Gasteiger partial charge in [0.05, 0.1) is 5.56 Å². The number of rotatable bonds is 9. The van der Waals surface area contributed by atoms with Gasteiger partial charge in [0.15, 0.2) is 5.75 Å². The van der Waals surface area contributed by atoms with Crippen LogP contribution < -0.4 is 4.89 Å². The molecule has 4 aromatic rings. The number of hydrogen-bond acceptors (Lipinski definition) is 5. The van der Waals surface area contributed by atoms with E-state index in [2.05, 4.69) is 29.2 Å². The first-order chi connectivity index (χ1) is 18.1. The van der Waals surface area contributed by atoms with Gasteiger partial charge in [0.25, 0.3) is 0 Å². The fourth-order valence-electron chi connectivity index (χ4n) is 3.85. The lowest BCUT2D eigenvalue weighted by Gasteiger charge is -2.08. The highest BCUT2D eigenvalue weighted by Crippen LogP contribution is 2.35. The van der Waals surface area contributed by atoms with Crippen LogP contribution in [0.5, 0.6) is 5.75 Å². The number of alkyl halides is 3. The molecule has 0 saturated carbocycles. The molecule has 38 heavy (non-hydrogen) atoms. The Labute approximate surface area is 223 Å². The maximum Gasteiger partial charge on any atom is 0.416 e. The summed E-state index contributed by atoms with van der Waals surface area (Å²) in [7, 11) is 0. The van der Waals surface area contributed by atoms with Gasteiger partial charge in [0, 0.05) is 35.1 Å². The second-order valence-corrected chi connectivity index (χ2v) is 10.0. The predicted octanol–water partition coefficient (Wildman–Crippen LogP) is 8.52. The molecule has 0 amide bonds. The lowest BCUT2D eigenvalue weighted by Crippen LogP contribution is -2.03. The Morgan fingerprint density at radius 3 is 2.26 bits per heavy atom. The molecule has 0 aliphatic carbocycles. The minimum Gasteiger partial charge on any atom is -0.461 e. The summed E-state index contributed by atoms with van der Waals surface area (Å²) in [5.41, 5.74) is 4.06. The van der Waals surface area contributed by atoms with Crippen LogP contribution in [0, 0.1) is 13.8 Å². The SMILES string of the molecule is CC(=O)OOc1ccc(SCc2cc(-c3ccc(C(F)(F)F)cc3)oc2CCc2ccc(C)cc2)cc1C. The van der Waals surface area contributed by atoms with E-state index in [9.17, 15) is 18.0 Å². The molecule has 1 heterocycles. The van der Waals surface area contributed by atoms with E-state index in [4.69, 9.17) is 9.30 Å². The highest BCUT2D eigenvalue weighted by molar-refractivity contribution is 7.98. The number of carbonyl (C=O) groups excluding carboxylic acids is 1. The van der Waals surface area contributed by atoms with Crippen molar-refractivity contribution in [1.82, 2.24) is 0 Å². The first kappa shape index (κ1) is 27.4. The minimum absolute atomic E-state index is 0.455. The van der Waals surface area contributed by atoms with Crippen molar-refractivity contribution in [3.8, 4) is 17.1 Å². The summed E-state index contributed by atoms with van der Waals surface area (Å²) in [4.78, 5) is 21.7. The number of carbonyl (C=O) groups is 1. The summed E-state index contributed by atoms with van der Waals surface area (Å²) in [6.07, 6.45) is -2.95. The number of halogens is 3. The van der Waals surface area contributed by atoms with Crippen molar-refractivity contribution in [1.29, 1.82) is 0 Å². The molecule has 0 atom stereocenters. The van der Waals surface area contributed by atoms with Gasteiger partial charge in [-0.05, 0) is 67.8 Å². The van der Waals surface area contributed by atoms with Gasteiger partial charge in [0.1, 0.15) is 11.5 Å². The Balaban J connectivity index is 1.54. The first-order valence-electron chi connectivity index (χ1n) is 12.0. The Morgan fingerprint density at radius 1 is 0.921 bits per heavy atom. The number of aryl methyl sites for hydroxylation is 4. The fourth-order valence-corrected chi connectivity index (χ4v) is 4.84. The van der Waals surface area contributed by atoms with E-state index in [0.717, 1.165) is 40.3 Å². The maximum absolute atomic E-state index is 13.0. The van der Waals surface area contributed by atoms with E-state index in [1.54, 1.807) is 17.8 Å². The smallest absolute Gasteiger partial charge is 0.416 e. The second kappa shape index (κ2) is 11.8. The van der Waals surface area contributed by atoms with E-state index >= 15 is 0 Å². The average molecular weight is 541 g/mol. The van der Waals surface area contributed by atoms with Crippen LogP contribution in [0.2, 0.25) is 0 Å². The monoisotopic (exact) mass is 540 g/mol. The van der Waals surface area contributed by atoms with Crippen LogP contribution in [0.15, 0.2) is 82.1 Å². The highest BCUT2D eigenvalue weighted by Gasteiger charge is 2.30. The Bertz CT molecular complexity index is 1390. The van der Waals surface area contributed by atoms with E-state index in [1.165, 1.54) is 30.2 Å². The Kier molecular flexibility index (Phi) is 8.52. The molecule has 4 nitrogen and oxygen atoms in total. The van der Waals surface area contributed by atoms with Crippen molar-refractivity contribution in [2.75, 3.05) is 0 Å². The number of thioether (sulfide) groups is 1. The zero-order valence-corrected chi connectivity index (χ0v) is 22.0. The summed E-state index contributed by atoms with van der Waals surface area (Å²) in [5, 5.41) is 0. The topological polar surface area (TPSA) is 48.7 Å². The molecule has 0 aliphatic heterocycles. The molecule has 0 bridgehead atoms. The number of benzene rings is 3. The molecule has 0 unspecified atom stereocenters. The van der Waals surface area contributed by atoms with Crippen LogP contribution in [0.1, 0.15) is 40.5 Å². The summed E-state index contributed by atoms with van der Waals surface area (Å²) >= 11 is 1.60. The van der Waals surface area contributed by atoms with Crippen LogP contribution in [0.25, 0.3) is 11.3 Å². The van der Waals surface area contributed by atoms with Crippen molar-refractivity contribution in [2.45, 2.75) is 50.4 Å². The van der Waals surface area contributed by atoms with Crippen molar-refractivity contribution in [3.63, 3.8) is 0 Å². The van der Waals surface area contributed by atoms with Crippen LogP contribution in [-0.4, -0.2) is 5.97 Å². The van der Waals surface area contributed by atoms with Gasteiger partial charge in [-0.1, -0.05) is 42.0 Å². The first-order valence-corrected chi connectivity index (χ1v) is 13.0. The quantitative estimate of drug-likeness (QED) is 0.121. The van der Waals surface area contributed by atoms with Gasteiger partial charge < -0.3 is 4.42 Å². The third-order valence-corrected chi connectivity index (χ3v) is 6.99. The number of hydrogen-bond donors (Lipinski definition) is 0. The maximum atomic E-state index is 13.0. The average Bonchev–Trinajstić information content (AvgIpc) is 3.29. The van der Waals surface area contributed by atoms with Crippen molar-refractivity contribution >= 4 is 17.7 Å². The number of furan rings is 1. The lowest BCUT2D eigenvalue weighted by molar-refractivity contribution is -0.211. The third kappa shape index (κ3) is 7.22. The van der Waals surface area contributed by atoms with Gasteiger partial charge in [-0.3, -0.25) is 9.78 Å². The molecule has 0 radical (unpaired) electrons. The highest BCUT2D eigenvalue weighted by atomic mass is 32.2. The molecule has 3 aromatic carbocycles. The van der Waals surface area contributed by atoms with Gasteiger partial charge in [0.2, 0.25) is 0 Å². The predicted molar refractivity (Wildman–Crippen MR) is 141 cm³/mol. The van der Waals surface area contributed by atoms with Gasteiger partial charge >= 0.3 is 12.1 Å². The molecule has 4 rings (SSSR count). The molecule has 0 saturated heterocycles. The fraction of sp³-hybridized carbons (Fsp3) is 0.233. The molecule has 1 aromatic heterocycles. The summed E-state index contributed by atoms with van der Waals surface area (Å²) in [5.74, 6) is 1.87. The summed E-state index contributed by atoms with van der Waals surface area (Å²) in [6.45, 7) is 5.16.